The van der Waals surface area contributed by atoms with Gasteiger partial charge in [0.05, 0.1) is 18.7 Å². The van der Waals surface area contributed by atoms with Gasteiger partial charge in [-0.2, -0.15) is 0 Å². The second kappa shape index (κ2) is 29.3. The van der Waals surface area contributed by atoms with Gasteiger partial charge in [-0.1, -0.05) is 56.7 Å². The molecule has 4 rings (SSSR count). The summed E-state index contributed by atoms with van der Waals surface area (Å²) in [6.45, 7) is 4.40. The molecule has 0 spiro atoms. The zero-order valence-electron chi connectivity index (χ0n) is 42.0. The number of aromatic amines is 2. The molecule has 2 aromatic heterocycles. The number of H-pyrrole nitrogens is 2. The van der Waals surface area contributed by atoms with Crippen molar-refractivity contribution in [2.75, 3.05) is 19.6 Å². The molecule has 24 nitrogen and oxygen atoms in total. The molecule has 8 atom stereocenters. The van der Waals surface area contributed by atoms with Crippen molar-refractivity contribution in [1.29, 1.82) is 0 Å². The van der Waals surface area contributed by atoms with E-state index >= 15 is 0 Å². The second-order valence-electron chi connectivity index (χ2n) is 18.6. The van der Waals surface area contributed by atoms with Crippen LogP contribution in [0.3, 0.4) is 0 Å². The first-order chi connectivity index (χ1) is 35.2. The van der Waals surface area contributed by atoms with Crippen LogP contribution in [0.15, 0.2) is 60.9 Å². The van der Waals surface area contributed by atoms with Crippen LogP contribution in [0.5, 0.6) is 0 Å². The molecule has 0 unspecified atom stereocenters. The van der Waals surface area contributed by atoms with E-state index in [1.807, 2.05) is 18.2 Å². The van der Waals surface area contributed by atoms with Crippen molar-refractivity contribution in [2.45, 2.75) is 133 Å². The minimum absolute atomic E-state index is 0.0297. The summed E-state index contributed by atoms with van der Waals surface area (Å²) in [6.07, 6.45) is 3.26. The lowest BCUT2D eigenvalue weighted by molar-refractivity contribution is -0.143. The molecule has 0 aliphatic carbocycles. The number of carbonyl (C=O) groups excluding carboxylic acids is 8. The number of unbranched alkanes of at least 4 members (excludes halogenated alkanes) is 2. The van der Waals surface area contributed by atoms with Crippen LogP contribution < -0.4 is 60.2 Å². The van der Waals surface area contributed by atoms with Crippen molar-refractivity contribution in [3.8, 4) is 0 Å². The number of aliphatic hydroxyl groups excluding tert-OH is 1. The third kappa shape index (κ3) is 18.0. The van der Waals surface area contributed by atoms with Crippen LogP contribution in [-0.2, 0) is 56.0 Å². The molecule has 0 fully saturated rings. The fraction of sp³-hybridized carbons (Fsp3) is 0.500. The molecule has 0 radical (unpaired) electrons. The largest absolute Gasteiger partial charge is 0.480 e. The monoisotopic (exact) mass is 1030 g/mol. The van der Waals surface area contributed by atoms with Crippen LogP contribution in [-0.4, -0.2) is 141 Å². The first-order valence-electron chi connectivity index (χ1n) is 24.8. The van der Waals surface area contributed by atoms with E-state index in [1.165, 1.54) is 6.92 Å². The van der Waals surface area contributed by atoms with E-state index in [9.17, 15) is 53.4 Å². The fourth-order valence-corrected chi connectivity index (χ4v) is 8.19. The number of aliphatic carboxylic acids is 1. The molecule has 0 saturated carbocycles. The van der Waals surface area contributed by atoms with Crippen LogP contribution >= 0.6 is 0 Å². The van der Waals surface area contributed by atoms with E-state index in [1.54, 1.807) is 56.6 Å². The highest BCUT2D eigenvalue weighted by Crippen LogP contribution is 2.21. The Balaban J connectivity index is 1.57. The lowest BCUT2D eigenvalue weighted by Crippen LogP contribution is -2.60. The van der Waals surface area contributed by atoms with Gasteiger partial charge in [0.15, 0.2) is 0 Å². The van der Waals surface area contributed by atoms with E-state index in [2.05, 4.69) is 47.2 Å². The predicted octanol–water partition coefficient (Wildman–Crippen LogP) is -1.57. The summed E-state index contributed by atoms with van der Waals surface area (Å²) in [5.41, 5.74) is 25.4. The van der Waals surface area contributed by atoms with Gasteiger partial charge in [0.25, 0.3) is 0 Å². The molecular weight excluding hydrogens is 959 g/mol. The number of para-hydroxylation sites is 2. The topological polar surface area (TPSA) is 414 Å². The minimum atomic E-state index is -1.52. The molecule has 24 heteroatoms. The maximum atomic E-state index is 14.3. The number of aromatic nitrogens is 2. The maximum Gasteiger partial charge on any atom is 0.326 e. The van der Waals surface area contributed by atoms with Gasteiger partial charge in [-0.3, -0.25) is 38.4 Å². The number of rotatable bonds is 32. The maximum absolute atomic E-state index is 14.3. The number of carboxylic acid groups (broad SMARTS) is 1. The Morgan fingerprint density at radius 1 is 0.568 bits per heavy atom. The molecule has 0 bridgehead atoms. The van der Waals surface area contributed by atoms with E-state index in [-0.39, 0.29) is 45.1 Å². The van der Waals surface area contributed by atoms with E-state index < -0.39 is 114 Å². The van der Waals surface area contributed by atoms with Gasteiger partial charge in [-0.15, -0.1) is 0 Å². The standard InChI is InChI=1S/C50H73N13O11/c1-27(2)42(50(73)74)62-47(70)37(18-19-40(54)65)59-48(71)39(23-30-25-56-35-16-7-5-13-32(30)35)60-46(69)36(17-9-11-21-52)58-41(66)26-57-45(68)38(22-29-24-55-34-15-6-4-12-31(29)34)61-49(72)43(28(3)64)63-44(67)33(53)14-8-10-20-51/h4-7,12-13,15-16,24-25,27-28,33,36-39,42-43,55-56,64H,8-11,14,17-23,26,51-53H2,1-3H3,(H2,54,65)(H,57,68)(H,58,66)(H,59,71)(H,60,69)(H,61,72)(H,62,70)(H,63,67)(H,73,74)/t28-,33+,36+,37+,38+,39+,42+,43+/m1/s1. The normalized spacial score (nSPS) is 14.6. The van der Waals surface area contributed by atoms with Crippen LogP contribution in [0.2, 0.25) is 0 Å². The summed E-state index contributed by atoms with van der Waals surface area (Å²) >= 11 is 0. The fourth-order valence-electron chi connectivity index (χ4n) is 8.19. The van der Waals surface area contributed by atoms with Gasteiger partial charge in [0.2, 0.25) is 47.3 Å². The lowest BCUT2D eigenvalue weighted by atomic mass is 10.0. The Morgan fingerprint density at radius 2 is 1.04 bits per heavy atom. The smallest absolute Gasteiger partial charge is 0.326 e. The molecule has 0 saturated heterocycles. The number of fused-ring (bicyclic) bond motifs is 2. The Bertz CT molecular complexity index is 2560. The first-order valence-corrected chi connectivity index (χ1v) is 24.8. The molecule has 2 heterocycles. The van der Waals surface area contributed by atoms with E-state index in [0.717, 1.165) is 21.8 Å². The van der Waals surface area contributed by atoms with Gasteiger partial charge >= 0.3 is 5.97 Å². The Kier molecular flexibility index (Phi) is 23.4. The number of nitrogens with one attached hydrogen (secondary N) is 9. The summed E-state index contributed by atoms with van der Waals surface area (Å²) in [6, 6.07) is 4.99. The van der Waals surface area contributed by atoms with E-state index in [0.29, 0.717) is 43.4 Å². The number of hydrogen-bond donors (Lipinski definition) is 15. The van der Waals surface area contributed by atoms with Gasteiger partial charge in [-0.25, -0.2) is 4.79 Å². The number of nitrogens with two attached hydrogens (primary N) is 4. The Morgan fingerprint density at radius 3 is 1.57 bits per heavy atom. The van der Waals surface area contributed by atoms with Gasteiger partial charge in [-0.05, 0) is 87.7 Å². The summed E-state index contributed by atoms with van der Waals surface area (Å²) in [5.74, 6) is -8.53. The zero-order chi connectivity index (χ0) is 54.5. The molecule has 4 aromatic rings. The average molecular weight is 1030 g/mol. The average Bonchev–Trinajstić information content (AvgIpc) is 3.97. The Hall–Kier alpha value is -7.41. The third-order valence-electron chi connectivity index (χ3n) is 12.4. The van der Waals surface area contributed by atoms with Crippen molar-refractivity contribution in [3.63, 3.8) is 0 Å². The van der Waals surface area contributed by atoms with Gasteiger partial charge in [0.1, 0.15) is 36.3 Å². The Labute approximate surface area is 428 Å². The van der Waals surface area contributed by atoms with Crippen molar-refractivity contribution < 1.29 is 53.4 Å². The molecule has 2 aromatic carbocycles. The number of primary amides is 1. The highest BCUT2D eigenvalue weighted by molar-refractivity contribution is 5.98. The van der Waals surface area contributed by atoms with E-state index in [4.69, 9.17) is 22.9 Å². The van der Waals surface area contributed by atoms with Gasteiger partial charge < -0.3 is 80.3 Å². The van der Waals surface area contributed by atoms with Crippen molar-refractivity contribution >= 4 is 75.0 Å². The van der Waals surface area contributed by atoms with Crippen molar-refractivity contribution in [2.24, 2.45) is 28.9 Å². The third-order valence-corrected chi connectivity index (χ3v) is 12.4. The molecule has 19 N–H and O–H groups in total. The number of hydrogen-bond acceptors (Lipinski definition) is 13. The molecule has 0 aliphatic heterocycles. The molecule has 8 amide bonds. The summed E-state index contributed by atoms with van der Waals surface area (Å²) in [5, 5.41) is 39.7. The highest BCUT2D eigenvalue weighted by Gasteiger charge is 2.35. The number of carboxylic acids is 1. The van der Waals surface area contributed by atoms with Crippen LogP contribution in [0.4, 0.5) is 0 Å². The molecule has 0 aliphatic rings. The zero-order valence-corrected chi connectivity index (χ0v) is 42.0. The lowest BCUT2D eigenvalue weighted by Gasteiger charge is -2.27. The first kappa shape index (κ1) is 59.2. The number of aliphatic hydroxyl groups is 1. The highest BCUT2D eigenvalue weighted by atomic mass is 16.4. The molecule has 404 valence electrons. The number of benzene rings is 2. The minimum Gasteiger partial charge on any atom is -0.480 e. The molecular formula is C50H73N13O11. The summed E-state index contributed by atoms with van der Waals surface area (Å²) in [7, 11) is 0. The van der Waals surface area contributed by atoms with Crippen LogP contribution in [0.1, 0.15) is 83.3 Å². The number of amides is 8. The number of carbonyl (C=O) groups is 9. The quantitative estimate of drug-likeness (QED) is 0.0246. The van der Waals surface area contributed by atoms with Crippen LogP contribution in [0.25, 0.3) is 21.8 Å². The summed E-state index contributed by atoms with van der Waals surface area (Å²) < 4.78 is 0. The molecule has 74 heavy (non-hydrogen) atoms. The predicted molar refractivity (Wildman–Crippen MR) is 275 cm³/mol. The van der Waals surface area contributed by atoms with Gasteiger partial charge in [0, 0.05) is 53.5 Å². The summed E-state index contributed by atoms with van der Waals surface area (Å²) in [4.78, 5) is 127. The van der Waals surface area contributed by atoms with Crippen molar-refractivity contribution in [1.82, 2.24) is 47.2 Å². The second-order valence-corrected chi connectivity index (χ2v) is 18.6. The SMILES string of the molecule is CC(C)[C@H](NC(=O)[C@H](CCC(N)=O)NC(=O)[C@H](Cc1c[nH]c2ccccc12)NC(=O)[C@H](CCCCN)NC(=O)CNC(=O)[C@H](Cc1c[nH]c2ccccc12)NC(=O)[C@@H](NC(=O)[C@@H](N)CCCCN)[C@@H](C)O)C(=O)O. The van der Waals surface area contributed by atoms with Crippen molar-refractivity contribution in [3.05, 3.63) is 72.1 Å². The van der Waals surface area contributed by atoms with Crippen LogP contribution in [0, 0.1) is 5.92 Å².